The van der Waals surface area contributed by atoms with Gasteiger partial charge in [-0.25, -0.2) is 4.79 Å². The van der Waals surface area contributed by atoms with Crippen molar-refractivity contribution in [2.45, 2.75) is 77.0 Å². The van der Waals surface area contributed by atoms with Crippen LogP contribution in [0.2, 0.25) is 0 Å². The number of amides is 1. The van der Waals surface area contributed by atoms with Gasteiger partial charge in [0.2, 0.25) is 0 Å². The maximum atomic E-state index is 11.9. The molecule has 1 saturated carbocycles. The maximum absolute atomic E-state index is 11.9. The lowest BCUT2D eigenvalue weighted by molar-refractivity contribution is 0.0963. The van der Waals surface area contributed by atoms with Crippen molar-refractivity contribution >= 4 is 12.1 Å². The van der Waals surface area contributed by atoms with Gasteiger partial charge >= 0.3 is 6.09 Å². The van der Waals surface area contributed by atoms with Crippen molar-refractivity contribution in [3.8, 4) is 0 Å². The summed E-state index contributed by atoms with van der Waals surface area (Å²) in [6, 6.07) is 9.72. The van der Waals surface area contributed by atoms with E-state index in [0.717, 1.165) is 31.9 Å². The molecule has 1 aliphatic carbocycles. The van der Waals surface area contributed by atoms with E-state index in [-0.39, 0.29) is 6.09 Å². The second kappa shape index (κ2) is 12.7. The molecule has 0 aromatic heterocycles. The molecule has 2 fully saturated rings. The lowest BCUT2D eigenvalue weighted by Gasteiger charge is -2.32. The molecule has 1 aliphatic heterocycles. The highest BCUT2D eigenvalue weighted by molar-refractivity contribution is 5.80. The molecule has 1 amide bonds. The van der Waals surface area contributed by atoms with Crippen molar-refractivity contribution in [1.82, 2.24) is 20.4 Å². The van der Waals surface area contributed by atoms with Gasteiger partial charge in [-0.15, -0.1) is 0 Å². The van der Waals surface area contributed by atoms with Crippen molar-refractivity contribution in [2.75, 3.05) is 33.8 Å². The SMILES string of the molecule is CCOC(=O)N1CCC(NC(=NC)NCc2ccccc2CN(C)C2CCCCC2)CC1. The minimum absolute atomic E-state index is 0.205. The van der Waals surface area contributed by atoms with E-state index >= 15 is 0 Å². The van der Waals surface area contributed by atoms with E-state index in [2.05, 4.69) is 51.8 Å². The second-order valence-corrected chi connectivity index (χ2v) is 9.01. The summed E-state index contributed by atoms with van der Waals surface area (Å²) in [6.07, 6.45) is 8.33. The van der Waals surface area contributed by atoms with E-state index in [1.54, 1.807) is 4.90 Å². The third-order valence-electron chi connectivity index (χ3n) is 6.77. The second-order valence-electron chi connectivity index (χ2n) is 9.01. The molecule has 1 aromatic rings. The van der Waals surface area contributed by atoms with Gasteiger partial charge in [0.05, 0.1) is 6.61 Å². The maximum Gasteiger partial charge on any atom is 0.409 e. The summed E-state index contributed by atoms with van der Waals surface area (Å²) in [5.74, 6) is 0.815. The Labute approximate surface area is 193 Å². The number of carbonyl (C=O) groups is 1. The smallest absolute Gasteiger partial charge is 0.409 e. The fraction of sp³-hybridized carbons (Fsp3) is 0.680. The number of aliphatic imine (C=N–C) groups is 1. The van der Waals surface area contributed by atoms with Gasteiger partial charge in [0.25, 0.3) is 0 Å². The van der Waals surface area contributed by atoms with Gasteiger partial charge in [-0.1, -0.05) is 43.5 Å². The molecule has 0 bridgehead atoms. The van der Waals surface area contributed by atoms with Gasteiger partial charge in [0.1, 0.15) is 0 Å². The number of hydrogen-bond donors (Lipinski definition) is 2. The largest absolute Gasteiger partial charge is 0.450 e. The molecule has 2 N–H and O–H groups in total. The molecule has 0 spiro atoms. The Morgan fingerprint density at radius 2 is 1.81 bits per heavy atom. The first-order chi connectivity index (χ1) is 15.6. The lowest BCUT2D eigenvalue weighted by Crippen LogP contribution is -2.49. The molecule has 32 heavy (non-hydrogen) atoms. The molecular weight excluding hydrogens is 402 g/mol. The van der Waals surface area contributed by atoms with Crippen molar-refractivity contribution in [1.29, 1.82) is 0 Å². The number of piperidine rings is 1. The van der Waals surface area contributed by atoms with Crippen LogP contribution in [0.15, 0.2) is 29.3 Å². The molecule has 0 atom stereocenters. The highest BCUT2D eigenvalue weighted by Crippen LogP contribution is 2.23. The van der Waals surface area contributed by atoms with E-state index in [0.29, 0.717) is 31.8 Å². The molecule has 7 heteroatoms. The third kappa shape index (κ3) is 7.12. The van der Waals surface area contributed by atoms with E-state index < -0.39 is 0 Å². The van der Waals surface area contributed by atoms with Gasteiger partial charge in [0.15, 0.2) is 5.96 Å². The predicted octanol–water partition coefficient (Wildman–Crippen LogP) is 3.74. The minimum atomic E-state index is -0.205. The minimum Gasteiger partial charge on any atom is -0.450 e. The van der Waals surface area contributed by atoms with Crippen LogP contribution >= 0.6 is 0 Å². The van der Waals surface area contributed by atoms with Gasteiger partial charge in [0, 0.05) is 45.3 Å². The molecule has 0 radical (unpaired) electrons. The van der Waals surface area contributed by atoms with Gasteiger partial charge in [-0.3, -0.25) is 9.89 Å². The Kier molecular flexibility index (Phi) is 9.65. The van der Waals surface area contributed by atoms with Crippen LogP contribution in [0.1, 0.15) is 63.0 Å². The molecule has 2 aliphatic rings. The summed E-state index contributed by atoms with van der Waals surface area (Å²) in [7, 11) is 4.08. The summed E-state index contributed by atoms with van der Waals surface area (Å²) < 4.78 is 5.11. The first-order valence-corrected chi connectivity index (χ1v) is 12.3. The Bertz CT molecular complexity index is 740. The molecule has 178 valence electrons. The Balaban J connectivity index is 1.48. The molecule has 7 nitrogen and oxygen atoms in total. The molecular formula is C25H41N5O2. The number of benzene rings is 1. The first-order valence-electron chi connectivity index (χ1n) is 12.3. The normalized spacial score (nSPS) is 18.6. The highest BCUT2D eigenvalue weighted by Gasteiger charge is 2.24. The summed E-state index contributed by atoms with van der Waals surface area (Å²) in [4.78, 5) is 20.6. The highest BCUT2D eigenvalue weighted by atomic mass is 16.6. The monoisotopic (exact) mass is 443 g/mol. The van der Waals surface area contributed by atoms with Crippen LogP contribution in [0.25, 0.3) is 0 Å². The summed E-state index contributed by atoms with van der Waals surface area (Å²) >= 11 is 0. The molecule has 1 aromatic carbocycles. The van der Waals surface area contributed by atoms with Crippen LogP contribution in [-0.2, 0) is 17.8 Å². The zero-order valence-electron chi connectivity index (χ0n) is 20.1. The third-order valence-corrected chi connectivity index (χ3v) is 6.77. The van der Waals surface area contributed by atoms with Crippen LogP contribution in [0.3, 0.4) is 0 Å². The van der Waals surface area contributed by atoms with Crippen LogP contribution in [0.5, 0.6) is 0 Å². The van der Waals surface area contributed by atoms with Crippen LogP contribution in [0.4, 0.5) is 4.79 Å². The Morgan fingerprint density at radius 3 is 2.47 bits per heavy atom. The number of carbonyl (C=O) groups excluding carboxylic acids is 1. The Hall–Kier alpha value is -2.28. The zero-order chi connectivity index (χ0) is 22.8. The predicted molar refractivity (Wildman–Crippen MR) is 130 cm³/mol. The summed E-state index contributed by atoms with van der Waals surface area (Å²) in [5, 5.41) is 7.02. The fourth-order valence-electron chi connectivity index (χ4n) is 4.79. The average Bonchev–Trinajstić information content (AvgIpc) is 2.83. The quantitative estimate of drug-likeness (QED) is 0.496. The number of ether oxygens (including phenoxy) is 1. The number of rotatable bonds is 7. The standard InChI is InChI=1S/C25H41N5O2/c1-4-32-25(31)30-16-14-22(15-17-30)28-24(26-2)27-18-20-10-8-9-11-21(20)19-29(3)23-12-6-5-7-13-23/h8-11,22-23H,4-7,12-19H2,1-3H3,(H2,26,27,28). The van der Waals surface area contributed by atoms with Gasteiger partial charge in [-0.2, -0.15) is 0 Å². The molecule has 1 saturated heterocycles. The van der Waals surface area contributed by atoms with E-state index in [9.17, 15) is 4.79 Å². The number of guanidine groups is 1. The van der Waals surface area contributed by atoms with Gasteiger partial charge in [-0.05, 0) is 50.8 Å². The zero-order valence-corrected chi connectivity index (χ0v) is 20.1. The van der Waals surface area contributed by atoms with Gasteiger partial charge < -0.3 is 20.3 Å². The van der Waals surface area contributed by atoms with E-state index in [4.69, 9.17) is 4.74 Å². The van der Waals surface area contributed by atoms with Crippen LogP contribution in [-0.4, -0.2) is 67.7 Å². The fourth-order valence-corrected chi connectivity index (χ4v) is 4.79. The Morgan fingerprint density at radius 1 is 1.12 bits per heavy atom. The number of hydrogen-bond acceptors (Lipinski definition) is 4. The topological polar surface area (TPSA) is 69.2 Å². The van der Waals surface area contributed by atoms with E-state index in [1.165, 1.54) is 43.2 Å². The van der Waals surface area contributed by atoms with Crippen molar-refractivity contribution in [2.24, 2.45) is 4.99 Å². The average molecular weight is 444 g/mol. The lowest BCUT2D eigenvalue weighted by atomic mass is 9.94. The van der Waals surface area contributed by atoms with E-state index in [1.807, 2.05) is 14.0 Å². The summed E-state index contributed by atoms with van der Waals surface area (Å²) in [5.41, 5.74) is 2.70. The number of nitrogens with zero attached hydrogens (tertiary/aromatic N) is 3. The number of likely N-dealkylation sites (tertiary alicyclic amines) is 1. The molecule has 1 heterocycles. The van der Waals surface area contributed by atoms with Crippen LogP contribution < -0.4 is 10.6 Å². The summed E-state index contributed by atoms with van der Waals surface area (Å²) in [6.45, 7) is 5.42. The van der Waals surface area contributed by atoms with Crippen LogP contribution in [0, 0.1) is 0 Å². The van der Waals surface area contributed by atoms with Crippen molar-refractivity contribution in [3.63, 3.8) is 0 Å². The molecule has 0 unspecified atom stereocenters. The number of nitrogens with one attached hydrogen (secondary N) is 2. The van der Waals surface area contributed by atoms with Crippen molar-refractivity contribution in [3.05, 3.63) is 35.4 Å². The first kappa shape index (κ1) is 24.4. The van der Waals surface area contributed by atoms with Crippen molar-refractivity contribution < 1.29 is 9.53 Å². The molecule has 3 rings (SSSR count).